The lowest BCUT2D eigenvalue weighted by Gasteiger charge is -2.25. The van der Waals surface area contributed by atoms with Crippen molar-refractivity contribution < 1.29 is 0 Å². The molecule has 0 N–H and O–H groups in total. The van der Waals surface area contributed by atoms with Gasteiger partial charge in [-0.15, -0.1) is 11.3 Å². The Kier molecular flexibility index (Phi) is 4.92. The van der Waals surface area contributed by atoms with E-state index in [-0.39, 0.29) is 0 Å². The fourth-order valence-electron chi connectivity index (χ4n) is 1.80. The molecule has 0 saturated carbocycles. The number of hydrogen-bond donors (Lipinski definition) is 0. The van der Waals surface area contributed by atoms with E-state index in [1.54, 1.807) is 0 Å². The molecule has 4 heteroatoms. The highest BCUT2D eigenvalue weighted by molar-refractivity contribution is 9.10. The number of rotatable bonds is 5. The van der Waals surface area contributed by atoms with E-state index in [0.717, 1.165) is 17.6 Å². The van der Waals surface area contributed by atoms with Crippen LogP contribution in [0.1, 0.15) is 24.3 Å². The maximum Gasteiger partial charge on any atom is 0.0410 e. The predicted molar refractivity (Wildman–Crippen MR) is 80.6 cm³/mol. The molecule has 18 heavy (non-hydrogen) atoms. The van der Waals surface area contributed by atoms with Crippen LogP contribution >= 0.6 is 27.3 Å². The van der Waals surface area contributed by atoms with E-state index in [2.05, 4.69) is 63.2 Å². The second-order valence-corrected chi connectivity index (χ2v) is 6.54. The van der Waals surface area contributed by atoms with Crippen molar-refractivity contribution in [1.82, 2.24) is 9.88 Å². The SMILES string of the molecule is CC(C)N(Cc1cncc(Br)c1)Cc1cccs1. The molecule has 2 rings (SSSR count). The van der Waals surface area contributed by atoms with Crippen LogP contribution in [0.3, 0.4) is 0 Å². The molecule has 0 aliphatic rings. The van der Waals surface area contributed by atoms with Gasteiger partial charge in [-0.3, -0.25) is 9.88 Å². The van der Waals surface area contributed by atoms with E-state index < -0.39 is 0 Å². The van der Waals surface area contributed by atoms with Crippen LogP contribution in [0.2, 0.25) is 0 Å². The average Bonchev–Trinajstić information content (AvgIpc) is 2.81. The lowest BCUT2D eigenvalue weighted by Crippen LogP contribution is -2.29. The minimum atomic E-state index is 0.520. The van der Waals surface area contributed by atoms with Crippen LogP contribution in [0.5, 0.6) is 0 Å². The average molecular weight is 325 g/mol. The second kappa shape index (κ2) is 6.45. The summed E-state index contributed by atoms with van der Waals surface area (Å²) in [5.74, 6) is 0. The highest BCUT2D eigenvalue weighted by Crippen LogP contribution is 2.18. The van der Waals surface area contributed by atoms with Crippen molar-refractivity contribution in [3.8, 4) is 0 Å². The molecule has 96 valence electrons. The van der Waals surface area contributed by atoms with E-state index in [4.69, 9.17) is 0 Å². The third-order valence-corrected chi connectivity index (χ3v) is 4.11. The summed E-state index contributed by atoms with van der Waals surface area (Å²) in [7, 11) is 0. The van der Waals surface area contributed by atoms with Gasteiger partial charge in [0.05, 0.1) is 0 Å². The maximum atomic E-state index is 4.22. The molecule has 0 aliphatic carbocycles. The van der Waals surface area contributed by atoms with Gasteiger partial charge in [-0.25, -0.2) is 0 Å². The van der Waals surface area contributed by atoms with Gasteiger partial charge < -0.3 is 0 Å². The number of halogens is 1. The van der Waals surface area contributed by atoms with Crippen LogP contribution in [-0.4, -0.2) is 15.9 Å². The van der Waals surface area contributed by atoms with Crippen LogP contribution < -0.4 is 0 Å². The van der Waals surface area contributed by atoms with Gasteiger partial charge in [-0.05, 0) is 52.9 Å². The van der Waals surface area contributed by atoms with Crippen LogP contribution in [-0.2, 0) is 13.1 Å². The third-order valence-electron chi connectivity index (χ3n) is 2.82. The number of aromatic nitrogens is 1. The molecule has 0 spiro atoms. The third kappa shape index (κ3) is 3.90. The van der Waals surface area contributed by atoms with Crippen molar-refractivity contribution in [3.63, 3.8) is 0 Å². The summed E-state index contributed by atoms with van der Waals surface area (Å²) in [6, 6.07) is 6.96. The fourth-order valence-corrected chi connectivity index (χ4v) is 2.94. The van der Waals surface area contributed by atoms with Crippen molar-refractivity contribution in [2.45, 2.75) is 33.0 Å². The molecule has 2 nitrogen and oxygen atoms in total. The van der Waals surface area contributed by atoms with Gasteiger partial charge >= 0.3 is 0 Å². The molecule has 2 aromatic rings. The predicted octanol–water partition coefficient (Wildman–Crippen LogP) is 4.32. The quantitative estimate of drug-likeness (QED) is 0.814. The molecular weight excluding hydrogens is 308 g/mol. The molecule has 0 aromatic carbocycles. The van der Waals surface area contributed by atoms with Crippen molar-refractivity contribution in [2.24, 2.45) is 0 Å². The summed E-state index contributed by atoms with van der Waals surface area (Å²) in [4.78, 5) is 8.09. The summed E-state index contributed by atoms with van der Waals surface area (Å²) in [5.41, 5.74) is 1.25. The van der Waals surface area contributed by atoms with E-state index in [9.17, 15) is 0 Å². The Bertz CT molecular complexity index is 482. The lowest BCUT2D eigenvalue weighted by atomic mass is 10.2. The molecule has 0 atom stereocenters. The van der Waals surface area contributed by atoms with E-state index in [1.165, 1.54) is 10.4 Å². The van der Waals surface area contributed by atoms with E-state index in [1.807, 2.05) is 23.7 Å². The monoisotopic (exact) mass is 324 g/mol. The van der Waals surface area contributed by atoms with Gasteiger partial charge in [0.1, 0.15) is 0 Å². The number of pyridine rings is 1. The van der Waals surface area contributed by atoms with Crippen molar-refractivity contribution in [1.29, 1.82) is 0 Å². The first kappa shape index (κ1) is 13.7. The lowest BCUT2D eigenvalue weighted by molar-refractivity contribution is 0.205. The topological polar surface area (TPSA) is 16.1 Å². The number of hydrogen-bond acceptors (Lipinski definition) is 3. The zero-order valence-corrected chi connectivity index (χ0v) is 13.0. The number of thiophene rings is 1. The molecule has 2 aromatic heterocycles. The summed E-state index contributed by atoms with van der Waals surface area (Å²) < 4.78 is 1.04. The van der Waals surface area contributed by atoms with E-state index in [0.29, 0.717) is 6.04 Å². The zero-order valence-electron chi connectivity index (χ0n) is 10.6. The minimum absolute atomic E-state index is 0.520. The molecule has 0 saturated heterocycles. The standard InChI is InChI=1S/C14H17BrN2S/c1-11(2)17(10-14-4-3-5-18-14)9-12-6-13(15)8-16-7-12/h3-8,11H,9-10H2,1-2H3. The van der Waals surface area contributed by atoms with Gasteiger partial charge in [0.15, 0.2) is 0 Å². The largest absolute Gasteiger partial charge is 0.292 e. The number of nitrogens with zero attached hydrogens (tertiary/aromatic N) is 2. The van der Waals surface area contributed by atoms with Crippen LogP contribution in [0.25, 0.3) is 0 Å². The summed E-state index contributed by atoms with van der Waals surface area (Å²) >= 11 is 5.29. The Hall–Kier alpha value is -0.710. The smallest absolute Gasteiger partial charge is 0.0410 e. The minimum Gasteiger partial charge on any atom is -0.292 e. The van der Waals surface area contributed by atoms with Gasteiger partial charge in [0.2, 0.25) is 0 Å². The molecule has 0 bridgehead atoms. The van der Waals surface area contributed by atoms with Crippen LogP contribution in [0, 0.1) is 0 Å². The first-order chi connectivity index (χ1) is 8.65. The summed E-state index contributed by atoms with van der Waals surface area (Å²) in [5, 5.41) is 2.13. The summed E-state index contributed by atoms with van der Waals surface area (Å²) in [6.45, 7) is 6.40. The Morgan fingerprint density at radius 2 is 2.17 bits per heavy atom. The highest BCUT2D eigenvalue weighted by Gasteiger charge is 2.11. The van der Waals surface area contributed by atoms with Crippen molar-refractivity contribution in [2.75, 3.05) is 0 Å². The molecule has 0 unspecified atom stereocenters. The van der Waals surface area contributed by atoms with Crippen molar-refractivity contribution in [3.05, 3.63) is 50.9 Å². The second-order valence-electron chi connectivity index (χ2n) is 4.59. The molecule has 0 radical (unpaired) electrons. The van der Waals surface area contributed by atoms with Gasteiger partial charge in [0, 0.05) is 40.9 Å². The van der Waals surface area contributed by atoms with E-state index >= 15 is 0 Å². The first-order valence-electron chi connectivity index (χ1n) is 6.01. The maximum absolute atomic E-state index is 4.22. The fraction of sp³-hybridized carbons (Fsp3) is 0.357. The Morgan fingerprint density at radius 1 is 1.33 bits per heavy atom. The van der Waals surface area contributed by atoms with Crippen LogP contribution in [0.15, 0.2) is 40.4 Å². The molecule has 0 amide bonds. The normalized spacial score (nSPS) is 11.4. The first-order valence-corrected chi connectivity index (χ1v) is 7.68. The Labute approximate surface area is 121 Å². The highest BCUT2D eigenvalue weighted by atomic mass is 79.9. The summed E-state index contributed by atoms with van der Waals surface area (Å²) in [6.07, 6.45) is 3.76. The van der Waals surface area contributed by atoms with Gasteiger partial charge in [0.25, 0.3) is 0 Å². The molecule has 0 aliphatic heterocycles. The Balaban J connectivity index is 2.07. The van der Waals surface area contributed by atoms with Gasteiger partial charge in [-0.1, -0.05) is 6.07 Å². The van der Waals surface area contributed by atoms with Gasteiger partial charge in [-0.2, -0.15) is 0 Å². The van der Waals surface area contributed by atoms with Crippen LogP contribution in [0.4, 0.5) is 0 Å². The Morgan fingerprint density at radius 3 is 2.78 bits per heavy atom. The zero-order chi connectivity index (χ0) is 13.0. The van der Waals surface area contributed by atoms with Crippen molar-refractivity contribution >= 4 is 27.3 Å². The molecular formula is C14H17BrN2S. The molecule has 0 fully saturated rings. The molecule has 2 heterocycles.